The second-order valence-corrected chi connectivity index (χ2v) is 6.11. The predicted octanol–water partition coefficient (Wildman–Crippen LogP) is 3.48. The van der Waals surface area contributed by atoms with Crippen molar-refractivity contribution < 1.29 is 14.6 Å². The van der Waals surface area contributed by atoms with Gasteiger partial charge in [0, 0.05) is 18.1 Å². The molecule has 0 spiro atoms. The van der Waals surface area contributed by atoms with E-state index >= 15 is 0 Å². The SMILES string of the molecule is CC(=O)Oc1cccc(-c2cnc3ccc(-c4cccc(CO)c4)nn23)c1. The summed E-state index contributed by atoms with van der Waals surface area (Å²) in [5, 5.41) is 14.1. The van der Waals surface area contributed by atoms with Crippen LogP contribution in [0.25, 0.3) is 28.2 Å². The van der Waals surface area contributed by atoms with E-state index in [0.717, 1.165) is 28.1 Å². The maximum atomic E-state index is 11.2. The van der Waals surface area contributed by atoms with Gasteiger partial charge < -0.3 is 9.84 Å². The molecular weight excluding hydrogens is 342 g/mol. The molecule has 0 fully saturated rings. The molecule has 4 rings (SSSR count). The molecule has 0 unspecified atom stereocenters. The van der Waals surface area contributed by atoms with Crippen molar-refractivity contribution in [1.82, 2.24) is 14.6 Å². The Bertz CT molecular complexity index is 1130. The van der Waals surface area contributed by atoms with Crippen LogP contribution >= 0.6 is 0 Å². The highest BCUT2D eigenvalue weighted by molar-refractivity contribution is 5.71. The number of benzene rings is 2. The van der Waals surface area contributed by atoms with E-state index in [1.807, 2.05) is 48.5 Å². The van der Waals surface area contributed by atoms with Gasteiger partial charge in [-0.1, -0.05) is 30.3 Å². The standard InChI is InChI=1S/C21H17N3O3/c1-14(26)27-18-7-3-6-17(11-18)20-12-22-21-9-8-19(23-24(20)21)16-5-2-4-15(10-16)13-25/h2-12,25H,13H2,1H3. The summed E-state index contributed by atoms with van der Waals surface area (Å²) < 4.78 is 6.93. The first kappa shape index (κ1) is 16.9. The van der Waals surface area contributed by atoms with E-state index in [1.165, 1.54) is 6.92 Å². The Labute approximate surface area is 155 Å². The van der Waals surface area contributed by atoms with Crippen molar-refractivity contribution in [3.8, 4) is 28.3 Å². The molecule has 0 aliphatic rings. The van der Waals surface area contributed by atoms with Crippen LogP contribution in [0, 0.1) is 0 Å². The number of ether oxygens (including phenoxy) is 1. The lowest BCUT2D eigenvalue weighted by Gasteiger charge is -2.07. The predicted molar refractivity (Wildman–Crippen MR) is 101 cm³/mol. The van der Waals surface area contributed by atoms with Crippen LogP contribution in [0.15, 0.2) is 66.9 Å². The number of imidazole rings is 1. The highest BCUT2D eigenvalue weighted by Gasteiger charge is 2.11. The van der Waals surface area contributed by atoms with Gasteiger partial charge in [-0.3, -0.25) is 4.79 Å². The number of hydrogen-bond acceptors (Lipinski definition) is 5. The van der Waals surface area contributed by atoms with E-state index in [2.05, 4.69) is 4.98 Å². The van der Waals surface area contributed by atoms with Crippen molar-refractivity contribution in [2.45, 2.75) is 13.5 Å². The molecule has 0 amide bonds. The first-order valence-electron chi connectivity index (χ1n) is 8.48. The average Bonchev–Trinajstić information content (AvgIpc) is 3.11. The highest BCUT2D eigenvalue weighted by atomic mass is 16.5. The van der Waals surface area contributed by atoms with Gasteiger partial charge in [0.2, 0.25) is 0 Å². The zero-order valence-corrected chi connectivity index (χ0v) is 14.7. The molecule has 0 saturated heterocycles. The summed E-state index contributed by atoms with van der Waals surface area (Å²) in [7, 11) is 0. The molecule has 27 heavy (non-hydrogen) atoms. The molecular formula is C21H17N3O3. The Kier molecular flexibility index (Phi) is 4.40. The maximum absolute atomic E-state index is 11.2. The van der Waals surface area contributed by atoms with E-state index in [9.17, 15) is 9.90 Å². The zero-order valence-electron chi connectivity index (χ0n) is 14.7. The number of aliphatic hydroxyl groups excluding tert-OH is 1. The lowest BCUT2D eigenvalue weighted by molar-refractivity contribution is -0.131. The second kappa shape index (κ2) is 7.01. The van der Waals surface area contributed by atoms with Gasteiger partial charge in [-0.05, 0) is 35.9 Å². The van der Waals surface area contributed by atoms with Crippen LogP contribution in [-0.4, -0.2) is 25.7 Å². The Morgan fingerprint density at radius 3 is 2.70 bits per heavy atom. The van der Waals surface area contributed by atoms with Gasteiger partial charge in [0.15, 0.2) is 5.65 Å². The first-order chi connectivity index (χ1) is 13.1. The molecule has 2 heterocycles. The lowest BCUT2D eigenvalue weighted by atomic mass is 10.1. The minimum Gasteiger partial charge on any atom is -0.427 e. The number of nitrogens with zero attached hydrogens (tertiary/aromatic N) is 3. The van der Waals surface area contributed by atoms with Crippen molar-refractivity contribution in [3.63, 3.8) is 0 Å². The quantitative estimate of drug-likeness (QED) is 0.446. The highest BCUT2D eigenvalue weighted by Crippen LogP contribution is 2.26. The topological polar surface area (TPSA) is 76.7 Å². The fourth-order valence-electron chi connectivity index (χ4n) is 2.94. The number of hydrogen-bond donors (Lipinski definition) is 1. The smallest absolute Gasteiger partial charge is 0.308 e. The number of fused-ring (bicyclic) bond motifs is 1. The number of aromatic nitrogens is 3. The third-order valence-corrected chi connectivity index (χ3v) is 4.16. The molecule has 0 atom stereocenters. The van der Waals surface area contributed by atoms with Gasteiger partial charge in [-0.25, -0.2) is 9.50 Å². The Morgan fingerprint density at radius 2 is 1.89 bits per heavy atom. The van der Waals surface area contributed by atoms with Crippen molar-refractivity contribution in [3.05, 3.63) is 72.4 Å². The number of aliphatic hydroxyl groups is 1. The number of rotatable bonds is 4. The third kappa shape index (κ3) is 3.43. The van der Waals surface area contributed by atoms with Crippen LogP contribution in [0.4, 0.5) is 0 Å². The molecule has 0 saturated carbocycles. The zero-order chi connectivity index (χ0) is 18.8. The molecule has 2 aromatic carbocycles. The molecule has 4 aromatic rings. The summed E-state index contributed by atoms with van der Waals surface area (Å²) in [4.78, 5) is 15.6. The summed E-state index contributed by atoms with van der Waals surface area (Å²) in [5.41, 5.74) is 4.86. The van der Waals surface area contributed by atoms with Gasteiger partial charge in [0.05, 0.1) is 24.2 Å². The van der Waals surface area contributed by atoms with E-state index in [1.54, 1.807) is 22.8 Å². The molecule has 2 aromatic heterocycles. The van der Waals surface area contributed by atoms with E-state index in [4.69, 9.17) is 9.84 Å². The molecule has 6 nitrogen and oxygen atoms in total. The monoisotopic (exact) mass is 359 g/mol. The Hall–Kier alpha value is -3.51. The van der Waals surface area contributed by atoms with Gasteiger partial charge in [-0.2, -0.15) is 5.10 Å². The lowest BCUT2D eigenvalue weighted by Crippen LogP contribution is -2.01. The normalized spacial score (nSPS) is 10.9. The summed E-state index contributed by atoms with van der Waals surface area (Å²) in [6.45, 7) is 1.35. The van der Waals surface area contributed by atoms with Gasteiger partial charge >= 0.3 is 5.97 Å². The van der Waals surface area contributed by atoms with Crippen molar-refractivity contribution in [2.75, 3.05) is 0 Å². The molecule has 0 radical (unpaired) electrons. The van der Waals surface area contributed by atoms with Gasteiger partial charge in [0.1, 0.15) is 5.75 Å². The fourth-order valence-corrected chi connectivity index (χ4v) is 2.94. The molecule has 0 aliphatic carbocycles. The second-order valence-electron chi connectivity index (χ2n) is 6.11. The van der Waals surface area contributed by atoms with Gasteiger partial charge in [-0.15, -0.1) is 0 Å². The van der Waals surface area contributed by atoms with Crippen molar-refractivity contribution in [2.24, 2.45) is 0 Å². The van der Waals surface area contributed by atoms with E-state index in [0.29, 0.717) is 11.4 Å². The molecule has 1 N–H and O–H groups in total. The molecule has 0 bridgehead atoms. The minimum absolute atomic E-state index is 0.0185. The van der Waals surface area contributed by atoms with Crippen LogP contribution in [0.5, 0.6) is 5.75 Å². The molecule has 0 aliphatic heterocycles. The summed E-state index contributed by atoms with van der Waals surface area (Å²) >= 11 is 0. The maximum Gasteiger partial charge on any atom is 0.308 e. The van der Waals surface area contributed by atoms with Crippen molar-refractivity contribution >= 4 is 11.6 Å². The Balaban J connectivity index is 1.80. The summed E-state index contributed by atoms with van der Waals surface area (Å²) in [5.74, 6) is 0.108. The van der Waals surface area contributed by atoms with Crippen LogP contribution in [0.1, 0.15) is 12.5 Å². The summed E-state index contributed by atoms with van der Waals surface area (Å²) in [6, 6.07) is 18.7. The van der Waals surface area contributed by atoms with Crippen LogP contribution in [0.3, 0.4) is 0 Å². The van der Waals surface area contributed by atoms with E-state index < -0.39 is 0 Å². The van der Waals surface area contributed by atoms with Crippen LogP contribution in [-0.2, 0) is 11.4 Å². The number of carbonyl (C=O) groups is 1. The first-order valence-corrected chi connectivity index (χ1v) is 8.48. The third-order valence-electron chi connectivity index (χ3n) is 4.16. The minimum atomic E-state index is -0.366. The average molecular weight is 359 g/mol. The molecule has 134 valence electrons. The number of esters is 1. The largest absolute Gasteiger partial charge is 0.427 e. The van der Waals surface area contributed by atoms with E-state index in [-0.39, 0.29) is 12.6 Å². The van der Waals surface area contributed by atoms with Gasteiger partial charge in [0.25, 0.3) is 0 Å². The summed E-state index contributed by atoms with van der Waals surface area (Å²) in [6.07, 6.45) is 1.74. The number of carbonyl (C=O) groups excluding carboxylic acids is 1. The fraction of sp³-hybridized carbons (Fsp3) is 0.0952. The molecule has 6 heteroatoms. The Morgan fingerprint density at radius 1 is 1.07 bits per heavy atom. The van der Waals surface area contributed by atoms with Crippen LogP contribution in [0.2, 0.25) is 0 Å². The van der Waals surface area contributed by atoms with Crippen LogP contribution < -0.4 is 4.74 Å². The van der Waals surface area contributed by atoms with Crippen molar-refractivity contribution in [1.29, 1.82) is 0 Å².